The molecule has 2 rings (SSSR count). The Balaban J connectivity index is 0.000000363. The van der Waals surface area contributed by atoms with Gasteiger partial charge in [0.1, 0.15) is 0 Å². The highest BCUT2D eigenvalue weighted by atomic mass is 32.2. The first kappa shape index (κ1) is 21.3. The van der Waals surface area contributed by atoms with Crippen LogP contribution in [0.3, 0.4) is 0 Å². The van der Waals surface area contributed by atoms with Gasteiger partial charge >= 0.3 is 11.4 Å². The average molecular weight is 350 g/mol. The second-order valence-electron chi connectivity index (χ2n) is 4.05. The summed E-state index contributed by atoms with van der Waals surface area (Å²) in [6.07, 6.45) is 0. The summed E-state index contributed by atoms with van der Waals surface area (Å²) < 4.78 is 25.3. The Bertz CT molecular complexity index is 646. The van der Waals surface area contributed by atoms with Gasteiger partial charge in [-0.05, 0) is 35.4 Å². The summed E-state index contributed by atoms with van der Waals surface area (Å²) in [5.74, 6) is 0. The van der Waals surface area contributed by atoms with Crippen LogP contribution in [0.1, 0.15) is 11.1 Å². The van der Waals surface area contributed by atoms with Gasteiger partial charge in [-0.25, -0.2) is 0 Å². The van der Waals surface area contributed by atoms with E-state index in [4.69, 9.17) is 34.3 Å². The largest absolute Gasteiger partial charge is 0.784 e. The van der Waals surface area contributed by atoms with Gasteiger partial charge in [0.05, 0.1) is 13.2 Å². The lowest BCUT2D eigenvalue weighted by molar-refractivity contribution is 0.281. The Kier molecular flexibility index (Phi) is 11.3. The monoisotopic (exact) mass is 350 g/mol. The number of rotatable bonds is 2. The molecule has 0 aliphatic carbocycles. The third-order valence-corrected chi connectivity index (χ3v) is 2.47. The molecule has 0 spiro atoms. The zero-order chi connectivity index (χ0) is 18.4. The smallest absolute Gasteiger partial charge is 0.385 e. The van der Waals surface area contributed by atoms with E-state index in [2.05, 4.69) is 9.95 Å². The molecule has 2 N–H and O–H groups in total. The number of hydrogen-bond acceptors (Lipinski definition) is 7. The van der Waals surface area contributed by atoms with Crippen LogP contribution < -0.4 is 0 Å². The lowest BCUT2D eigenvalue weighted by atomic mass is 10.2. The summed E-state index contributed by atoms with van der Waals surface area (Å²) >= 11 is -3.11. The molecule has 0 atom stereocenters. The molecular formula is C14H14N4O5S. The highest BCUT2D eigenvalue weighted by Gasteiger charge is 2.01. The van der Waals surface area contributed by atoms with Crippen molar-refractivity contribution < 1.29 is 23.5 Å². The van der Waals surface area contributed by atoms with Crippen molar-refractivity contribution in [1.82, 2.24) is 0 Å². The van der Waals surface area contributed by atoms with Crippen LogP contribution in [0, 0.1) is 10.8 Å². The van der Waals surface area contributed by atoms with Crippen LogP contribution >= 0.6 is 0 Å². The van der Waals surface area contributed by atoms with Crippen molar-refractivity contribution in [3.05, 3.63) is 69.6 Å². The van der Waals surface area contributed by atoms with Crippen LogP contribution in [0.25, 0.3) is 9.95 Å². The van der Waals surface area contributed by atoms with Crippen LogP contribution in [0.15, 0.2) is 48.5 Å². The minimum Gasteiger partial charge on any atom is -0.784 e. The van der Waals surface area contributed by atoms with Crippen LogP contribution in [0.5, 0.6) is 0 Å². The SMILES string of the molecule is N#[N+]c1ccc(CO)cc1.N#[N+]c1ccc(CO)cc1.O=S([O-])[O-]. The number of nitrogens with zero attached hydrogens (tertiary/aromatic N) is 4. The summed E-state index contributed by atoms with van der Waals surface area (Å²) in [5.41, 5.74) is 2.62. The van der Waals surface area contributed by atoms with E-state index in [0.29, 0.717) is 11.4 Å². The first-order valence-electron chi connectivity index (χ1n) is 6.33. The fourth-order valence-electron chi connectivity index (χ4n) is 1.34. The summed E-state index contributed by atoms with van der Waals surface area (Å²) in [6, 6.07) is 13.3. The van der Waals surface area contributed by atoms with Crippen LogP contribution in [0.2, 0.25) is 0 Å². The molecule has 2 aromatic carbocycles. The maximum absolute atomic E-state index is 8.61. The Morgan fingerprint density at radius 2 is 1.04 bits per heavy atom. The molecule has 9 nitrogen and oxygen atoms in total. The van der Waals surface area contributed by atoms with E-state index in [0.717, 1.165) is 11.1 Å². The van der Waals surface area contributed by atoms with Gasteiger partial charge < -0.3 is 19.3 Å². The molecule has 0 unspecified atom stereocenters. The van der Waals surface area contributed by atoms with E-state index >= 15 is 0 Å². The van der Waals surface area contributed by atoms with Crippen molar-refractivity contribution in [3.8, 4) is 0 Å². The maximum atomic E-state index is 8.61. The molecule has 0 aliphatic heterocycles. The van der Waals surface area contributed by atoms with E-state index in [9.17, 15) is 0 Å². The van der Waals surface area contributed by atoms with Crippen molar-refractivity contribution in [2.45, 2.75) is 13.2 Å². The molecule has 0 aliphatic rings. The van der Waals surface area contributed by atoms with Gasteiger partial charge in [-0.3, -0.25) is 4.21 Å². The van der Waals surface area contributed by atoms with Crippen molar-refractivity contribution >= 4 is 22.7 Å². The van der Waals surface area contributed by atoms with Crippen LogP contribution in [-0.4, -0.2) is 23.5 Å². The molecule has 0 radical (unpaired) electrons. The standard InChI is InChI=1S/2C7H7N2O.H2O3S/c2*8-9-7-3-1-6(5-10)2-4-7;1-4(2)3/h2*1-4,10H,5H2;(H2,1,2,3)/q2*+1;/p-2. The molecule has 0 amide bonds. The molecule has 126 valence electrons. The van der Waals surface area contributed by atoms with Gasteiger partial charge in [0.2, 0.25) is 10.8 Å². The molecule has 0 saturated heterocycles. The van der Waals surface area contributed by atoms with E-state index < -0.39 is 11.4 Å². The van der Waals surface area contributed by atoms with Crippen LogP contribution in [-0.2, 0) is 24.6 Å². The van der Waals surface area contributed by atoms with Gasteiger partial charge in [-0.2, -0.15) is 0 Å². The molecule has 0 bridgehead atoms. The molecule has 0 saturated carbocycles. The molecule has 2 aromatic rings. The van der Waals surface area contributed by atoms with E-state index in [1.165, 1.54) is 0 Å². The fourth-order valence-corrected chi connectivity index (χ4v) is 1.34. The summed E-state index contributed by atoms with van der Waals surface area (Å²) in [7, 11) is 0. The Morgan fingerprint density at radius 1 is 0.792 bits per heavy atom. The van der Waals surface area contributed by atoms with Crippen LogP contribution in [0.4, 0.5) is 11.4 Å². The third-order valence-electron chi connectivity index (χ3n) is 2.47. The summed E-state index contributed by atoms with van der Waals surface area (Å²) in [6.45, 7) is 0.0391. The topological polar surface area (TPSA) is 160 Å². The van der Waals surface area contributed by atoms with Crippen molar-refractivity contribution in [2.75, 3.05) is 0 Å². The van der Waals surface area contributed by atoms with Crippen molar-refractivity contribution in [1.29, 1.82) is 10.8 Å². The Labute approximate surface area is 140 Å². The van der Waals surface area contributed by atoms with Gasteiger partial charge in [0.25, 0.3) is 0 Å². The highest BCUT2D eigenvalue weighted by molar-refractivity contribution is 7.72. The first-order valence-corrected chi connectivity index (χ1v) is 7.33. The minimum atomic E-state index is -3.11. The molecule has 10 heteroatoms. The van der Waals surface area contributed by atoms with Crippen molar-refractivity contribution in [2.24, 2.45) is 0 Å². The van der Waals surface area contributed by atoms with Gasteiger partial charge in [0.15, 0.2) is 9.95 Å². The minimum absolute atomic E-state index is 0.0196. The number of diazo groups is 2. The molecule has 0 aromatic heterocycles. The average Bonchev–Trinajstić information content (AvgIpc) is 2.62. The van der Waals surface area contributed by atoms with E-state index in [1.807, 2.05) is 0 Å². The lowest BCUT2D eigenvalue weighted by Gasteiger charge is -2.03. The van der Waals surface area contributed by atoms with Crippen molar-refractivity contribution in [3.63, 3.8) is 0 Å². The highest BCUT2D eigenvalue weighted by Crippen LogP contribution is 2.12. The third kappa shape index (κ3) is 10.1. The number of aliphatic hydroxyl groups excluding tert-OH is 2. The summed E-state index contributed by atoms with van der Waals surface area (Å²) in [4.78, 5) is 5.93. The number of aliphatic hydroxyl groups is 2. The molecule has 24 heavy (non-hydrogen) atoms. The van der Waals surface area contributed by atoms with Gasteiger partial charge in [-0.15, -0.1) is 11.4 Å². The maximum Gasteiger partial charge on any atom is 0.385 e. The van der Waals surface area contributed by atoms with Gasteiger partial charge in [-0.1, -0.05) is 0 Å². The van der Waals surface area contributed by atoms with E-state index in [1.54, 1.807) is 48.5 Å². The zero-order valence-corrected chi connectivity index (χ0v) is 13.2. The Hall–Kier alpha value is -2.73. The zero-order valence-electron chi connectivity index (χ0n) is 12.3. The summed E-state index contributed by atoms with van der Waals surface area (Å²) in [5, 5.41) is 33.7. The second kappa shape index (κ2) is 12.8. The molecule has 0 heterocycles. The second-order valence-corrected chi connectivity index (χ2v) is 4.46. The number of benzene rings is 2. The Morgan fingerprint density at radius 3 is 1.21 bits per heavy atom. The normalized spacial score (nSPS) is 8.79. The fraction of sp³-hybridized carbons (Fsp3) is 0.143. The predicted octanol–water partition coefficient (Wildman–Crippen LogP) is 2.32. The molecular weight excluding hydrogens is 336 g/mol. The lowest BCUT2D eigenvalue weighted by Crippen LogP contribution is -1.78. The first-order chi connectivity index (χ1) is 11.5. The molecule has 0 fully saturated rings. The quantitative estimate of drug-likeness (QED) is 0.620. The van der Waals surface area contributed by atoms with E-state index in [-0.39, 0.29) is 13.2 Å². The number of hydrogen-bond donors (Lipinski definition) is 2. The predicted molar refractivity (Wildman–Crippen MR) is 83.9 cm³/mol. The van der Waals surface area contributed by atoms with Gasteiger partial charge in [0, 0.05) is 24.3 Å².